The normalized spacial score (nSPS) is 15.4. The van der Waals surface area contributed by atoms with Crippen LogP contribution in [0.4, 0.5) is 0 Å². The number of benzene rings is 1. The van der Waals surface area contributed by atoms with E-state index in [-0.39, 0.29) is 0 Å². The summed E-state index contributed by atoms with van der Waals surface area (Å²) in [5, 5.41) is 8.92. The van der Waals surface area contributed by atoms with Gasteiger partial charge in [-0.15, -0.1) is 0 Å². The Morgan fingerprint density at radius 3 is 2.18 bits per heavy atom. The second kappa shape index (κ2) is 15.6. The summed E-state index contributed by atoms with van der Waals surface area (Å²) in [7, 11) is 0. The number of para-hydroxylation sites is 1. The fourth-order valence-corrected chi connectivity index (χ4v) is 1.62. The Morgan fingerprint density at radius 2 is 1.73 bits per heavy atom. The molecular weight excluding hydrogens is 272 g/mol. The van der Waals surface area contributed by atoms with Crippen molar-refractivity contribution < 1.29 is 9.90 Å². The van der Waals surface area contributed by atoms with Gasteiger partial charge in [0, 0.05) is 0 Å². The standard InChI is InChI=1S/C9H14.C7H8O.C2H4O.C2H6/c1-8-4-3-5-9(2)7-6-8;1-6-4-2-3-5-7(6)8;1-2-3;1-2/h4,6-7,9H,3,5H2,1-2H3;2-5,8H,1H3;2H,1H3;1-2H3. The van der Waals surface area contributed by atoms with E-state index in [1.54, 1.807) is 6.07 Å². The van der Waals surface area contributed by atoms with Crippen LogP contribution in [0.3, 0.4) is 0 Å². The average molecular weight is 304 g/mol. The van der Waals surface area contributed by atoms with Gasteiger partial charge in [0.15, 0.2) is 0 Å². The number of aldehydes is 1. The van der Waals surface area contributed by atoms with Crippen LogP contribution in [-0.4, -0.2) is 11.4 Å². The third-order valence-corrected chi connectivity index (χ3v) is 2.89. The Morgan fingerprint density at radius 1 is 1.18 bits per heavy atom. The van der Waals surface area contributed by atoms with Gasteiger partial charge in [0.1, 0.15) is 12.0 Å². The van der Waals surface area contributed by atoms with Gasteiger partial charge in [-0.05, 0) is 51.2 Å². The van der Waals surface area contributed by atoms with Crippen LogP contribution in [0.2, 0.25) is 0 Å². The molecule has 1 aliphatic rings. The van der Waals surface area contributed by atoms with Crippen molar-refractivity contribution in [3.63, 3.8) is 0 Å². The first-order chi connectivity index (χ1) is 10.5. The highest BCUT2D eigenvalue weighted by Gasteiger charge is 1.98. The van der Waals surface area contributed by atoms with Crippen molar-refractivity contribution in [1.29, 1.82) is 0 Å². The van der Waals surface area contributed by atoms with E-state index in [1.165, 1.54) is 25.3 Å². The van der Waals surface area contributed by atoms with Gasteiger partial charge in [0.2, 0.25) is 0 Å². The van der Waals surface area contributed by atoms with E-state index in [9.17, 15) is 0 Å². The van der Waals surface area contributed by atoms with Crippen LogP contribution in [0.15, 0.2) is 48.1 Å². The first-order valence-electron chi connectivity index (χ1n) is 8.00. The Kier molecular flexibility index (Phi) is 15.9. The Labute approximate surface area is 136 Å². The molecule has 22 heavy (non-hydrogen) atoms. The fourth-order valence-electron chi connectivity index (χ4n) is 1.62. The maximum Gasteiger partial charge on any atom is 0.118 e. The second-order valence-electron chi connectivity index (χ2n) is 4.88. The van der Waals surface area contributed by atoms with Crippen LogP contribution in [0.25, 0.3) is 0 Å². The maximum atomic E-state index is 8.92. The minimum atomic E-state index is 0.368. The molecule has 1 unspecified atom stereocenters. The highest BCUT2D eigenvalue weighted by atomic mass is 16.3. The van der Waals surface area contributed by atoms with E-state index in [1.807, 2.05) is 39.0 Å². The summed E-state index contributed by atoms with van der Waals surface area (Å²) in [6.07, 6.45) is 10.1. The molecule has 124 valence electrons. The van der Waals surface area contributed by atoms with E-state index in [0.29, 0.717) is 5.75 Å². The maximum absolute atomic E-state index is 8.92. The number of rotatable bonds is 0. The van der Waals surface area contributed by atoms with Gasteiger partial charge in [-0.1, -0.05) is 62.8 Å². The predicted octanol–water partition coefficient (Wildman–Crippen LogP) is 5.85. The van der Waals surface area contributed by atoms with Crippen LogP contribution < -0.4 is 0 Å². The molecule has 0 aromatic heterocycles. The van der Waals surface area contributed by atoms with Gasteiger partial charge >= 0.3 is 0 Å². The highest BCUT2D eigenvalue weighted by molar-refractivity contribution is 5.44. The number of phenols is 1. The molecule has 1 atom stereocenters. The van der Waals surface area contributed by atoms with Crippen molar-refractivity contribution in [3.05, 3.63) is 53.6 Å². The Bertz CT molecular complexity index is 424. The summed E-state index contributed by atoms with van der Waals surface area (Å²) in [5.74, 6) is 1.14. The van der Waals surface area contributed by atoms with E-state index < -0.39 is 0 Å². The summed E-state index contributed by atoms with van der Waals surface area (Å²) in [6.45, 7) is 11.7. The van der Waals surface area contributed by atoms with Crippen molar-refractivity contribution in [1.82, 2.24) is 0 Å². The molecule has 0 radical (unpaired) electrons. The molecule has 0 heterocycles. The Balaban J connectivity index is 0. The molecular formula is C20H32O2. The van der Waals surface area contributed by atoms with Crippen molar-refractivity contribution >= 4 is 6.29 Å². The molecule has 1 aromatic rings. The lowest BCUT2D eigenvalue weighted by molar-refractivity contribution is -0.106. The largest absolute Gasteiger partial charge is 0.508 e. The van der Waals surface area contributed by atoms with E-state index >= 15 is 0 Å². The van der Waals surface area contributed by atoms with Gasteiger partial charge < -0.3 is 9.90 Å². The molecule has 0 amide bonds. The number of phenolic OH excluding ortho intramolecular Hbond substituents is 1. The molecule has 2 rings (SSSR count). The number of hydrogen-bond acceptors (Lipinski definition) is 2. The third kappa shape index (κ3) is 13.2. The summed E-state index contributed by atoms with van der Waals surface area (Å²) < 4.78 is 0. The molecule has 1 N–H and O–H groups in total. The minimum Gasteiger partial charge on any atom is -0.508 e. The van der Waals surface area contributed by atoms with Crippen molar-refractivity contribution in [3.8, 4) is 5.75 Å². The number of hydrogen-bond donors (Lipinski definition) is 1. The van der Waals surface area contributed by atoms with E-state index in [0.717, 1.165) is 17.8 Å². The van der Waals surface area contributed by atoms with Crippen LogP contribution in [0, 0.1) is 12.8 Å². The van der Waals surface area contributed by atoms with Crippen molar-refractivity contribution in [2.75, 3.05) is 0 Å². The van der Waals surface area contributed by atoms with E-state index in [4.69, 9.17) is 9.90 Å². The quantitative estimate of drug-likeness (QED) is 0.610. The van der Waals surface area contributed by atoms with Crippen LogP contribution >= 0.6 is 0 Å². The zero-order valence-corrected chi connectivity index (χ0v) is 15.0. The lowest BCUT2D eigenvalue weighted by Crippen LogP contribution is -1.84. The lowest BCUT2D eigenvalue weighted by atomic mass is 10.1. The van der Waals surface area contributed by atoms with Gasteiger partial charge in [-0.2, -0.15) is 0 Å². The molecule has 0 spiro atoms. The molecule has 0 aliphatic heterocycles. The number of carbonyl (C=O) groups is 1. The predicted molar refractivity (Wildman–Crippen MR) is 97.2 cm³/mol. The third-order valence-electron chi connectivity index (χ3n) is 2.89. The topological polar surface area (TPSA) is 37.3 Å². The number of allylic oxidation sites excluding steroid dienone is 4. The Hall–Kier alpha value is -1.83. The first kappa shape index (κ1) is 22.5. The molecule has 2 nitrogen and oxygen atoms in total. The number of aryl methyl sites for hydroxylation is 1. The van der Waals surface area contributed by atoms with Gasteiger partial charge in [-0.3, -0.25) is 0 Å². The average Bonchev–Trinajstić information content (AvgIpc) is 2.70. The molecule has 1 aliphatic carbocycles. The highest BCUT2D eigenvalue weighted by Crippen LogP contribution is 2.14. The molecule has 0 bridgehead atoms. The van der Waals surface area contributed by atoms with Crippen LogP contribution in [0.1, 0.15) is 53.0 Å². The number of carbonyl (C=O) groups excluding carboxylic acids is 1. The SMILES string of the molecule is CC.CC1=CCCC(C)C=C1.CC=O.Cc1ccccc1O. The zero-order chi connectivity index (χ0) is 17.4. The van der Waals surface area contributed by atoms with Crippen LogP contribution in [0.5, 0.6) is 5.75 Å². The van der Waals surface area contributed by atoms with Crippen molar-refractivity contribution in [2.45, 2.75) is 54.4 Å². The lowest BCUT2D eigenvalue weighted by Gasteiger charge is -1.97. The monoisotopic (exact) mass is 304 g/mol. The summed E-state index contributed by atoms with van der Waals surface area (Å²) >= 11 is 0. The summed E-state index contributed by atoms with van der Waals surface area (Å²) in [5.41, 5.74) is 2.34. The fraction of sp³-hybridized carbons (Fsp3) is 0.450. The van der Waals surface area contributed by atoms with Gasteiger partial charge in [-0.25, -0.2) is 0 Å². The molecule has 2 heteroatoms. The molecule has 0 saturated carbocycles. The first-order valence-corrected chi connectivity index (χ1v) is 8.00. The van der Waals surface area contributed by atoms with Crippen molar-refractivity contribution in [2.24, 2.45) is 5.92 Å². The molecule has 0 saturated heterocycles. The molecule has 1 aromatic carbocycles. The minimum absolute atomic E-state index is 0.368. The smallest absolute Gasteiger partial charge is 0.118 e. The van der Waals surface area contributed by atoms with E-state index in [2.05, 4.69) is 32.1 Å². The van der Waals surface area contributed by atoms with Gasteiger partial charge in [0.25, 0.3) is 0 Å². The van der Waals surface area contributed by atoms with Crippen LogP contribution in [-0.2, 0) is 4.79 Å². The second-order valence-corrected chi connectivity index (χ2v) is 4.88. The summed E-state index contributed by atoms with van der Waals surface area (Å²) in [4.78, 5) is 8.81. The number of aromatic hydroxyl groups is 1. The van der Waals surface area contributed by atoms with Gasteiger partial charge in [0.05, 0.1) is 0 Å². The zero-order valence-electron chi connectivity index (χ0n) is 15.0. The molecule has 0 fully saturated rings. The summed E-state index contributed by atoms with van der Waals surface area (Å²) in [6, 6.07) is 7.25.